The number of benzene rings is 2. The van der Waals surface area contributed by atoms with Gasteiger partial charge >= 0.3 is 11.9 Å². The van der Waals surface area contributed by atoms with Crippen molar-refractivity contribution in [2.45, 2.75) is 19.8 Å². The number of nitrogens with zero attached hydrogens (tertiary/aromatic N) is 3. The summed E-state index contributed by atoms with van der Waals surface area (Å²) in [5, 5.41) is 14.1. The van der Waals surface area contributed by atoms with Gasteiger partial charge in [-0.2, -0.15) is 5.26 Å². The number of allylic oxidation sites excluding steroid dienone is 1. The van der Waals surface area contributed by atoms with Crippen molar-refractivity contribution < 1.29 is 23.6 Å². The van der Waals surface area contributed by atoms with Crippen LogP contribution in [0.2, 0.25) is 0 Å². The van der Waals surface area contributed by atoms with Crippen molar-refractivity contribution in [1.82, 2.24) is 5.16 Å². The molecule has 1 aliphatic heterocycles. The Morgan fingerprint density at radius 3 is 2.19 bits per heavy atom. The number of nitrogens with two attached hydrogens (primary N) is 1. The van der Waals surface area contributed by atoms with Gasteiger partial charge in [0.05, 0.1) is 43.0 Å². The van der Waals surface area contributed by atoms with Gasteiger partial charge in [-0.15, -0.1) is 0 Å². The lowest BCUT2D eigenvalue weighted by atomic mass is 9.81. The SMILES string of the molecule is COC(=O)C1=C(C(=O)OC)N(c2ccc(-c3c(C)noc3C)cc2)C(N)=C(C#N)C1c1ccccc1. The van der Waals surface area contributed by atoms with Crippen molar-refractivity contribution in [2.24, 2.45) is 5.73 Å². The highest BCUT2D eigenvalue weighted by atomic mass is 16.5. The molecule has 3 aromatic rings. The van der Waals surface area contributed by atoms with Gasteiger partial charge in [0.1, 0.15) is 17.3 Å². The first-order valence-electron chi connectivity index (χ1n) is 11.0. The van der Waals surface area contributed by atoms with Crippen LogP contribution in [0.4, 0.5) is 5.69 Å². The molecule has 9 nitrogen and oxygen atoms in total. The predicted molar refractivity (Wildman–Crippen MR) is 131 cm³/mol. The van der Waals surface area contributed by atoms with E-state index in [1.165, 1.54) is 19.1 Å². The van der Waals surface area contributed by atoms with E-state index in [4.69, 9.17) is 19.7 Å². The van der Waals surface area contributed by atoms with E-state index in [0.29, 0.717) is 17.0 Å². The minimum absolute atomic E-state index is 0.00416. The molecule has 2 aromatic carbocycles. The summed E-state index contributed by atoms with van der Waals surface area (Å²) in [6, 6.07) is 18.1. The van der Waals surface area contributed by atoms with Crippen LogP contribution in [-0.4, -0.2) is 31.3 Å². The van der Waals surface area contributed by atoms with Crippen LogP contribution in [-0.2, 0) is 19.1 Å². The molecular weight excluding hydrogens is 460 g/mol. The molecule has 1 aliphatic rings. The van der Waals surface area contributed by atoms with E-state index in [0.717, 1.165) is 16.8 Å². The monoisotopic (exact) mass is 484 g/mol. The lowest BCUT2D eigenvalue weighted by Gasteiger charge is -2.35. The smallest absolute Gasteiger partial charge is 0.355 e. The van der Waals surface area contributed by atoms with Crippen molar-refractivity contribution in [3.63, 3.8) is 0 Å². The van der Waals surface area contributed by atoms with Crippen LogP contribution in [0.1, 0.15) is 22.9 Å². The molecule has 0 aliphatic carbocycles. The highest BCUT2D eigenvalue weighted by molar-refractivity contribution is 6.06. The maximum atomic E-state index is 13.1. The number of aromatic nitrogens is 1. The summed E-state index contributed by atoms with van der Waals surface area (Å²) in [6.07, 6.45) is 0. The number of carbonyl (C=O) groups excluding carboxylic acids is 2. The number of anilines is 1. The third kappa shape index (κ3) is 3.99. The number of methoxy groups -OCH3 is 2. The predicted octanol–water partition coefficient (Wildman–Crippen LogP) is 3.86. The van der Waals surface area contributed by atoms with Gasteiger partial charge in [-0.05, 0) is 37.1 Å². The van der Waals surface area contributed by atoms with Crippen LogP contribution in [0.15, 0.2) is 81.8 Å². The number of carbonyl (C=O) groups is 2. The molecule has 0 amide bonds. The first-order valence-corrected chi connectivity index (χ1v) is 11.0. The molecular formula is C27H24N4O5. The number of ether oxygens (including phenoxy) is 2. The third-order valence-corrected chi connectivity index (χ3v) is 6.06. The second kappa shape index (κ2) is 9.80. The second-order valence-corrected chi connectivity index (χ2v) is 8.08. The van der Waals surface area contributed by atoms with E-state index >= 15 is 0 Å². The Bertz CT molecular complexity index is 1410. The molecule has 0 radical (unpaired) electrons. The maximum Gasteiger partial charge on any atom is 0.355 e. The van der Waals surface area contributed by atoms with Crippen molar-refractivity contribution in [1.29, 1.82) is 5.26 Å². The number of hydrogen-bond acceptors (Lipinski definition) is 9. The molecule has 2 heterocycles. The summed E-state index contributed by atoms with van der Waals surface area (Å²) >= 11 is 0. The standard InChI is InChI=1S/C27H24N4O5/c1-15-21(16(2)36-30-15)18-10-12-19(13-11-18)31-24(27(33)35-4)23(26(32)34-3)22(20(14-28)25(31)29)17-8-6-5-7-9-17/h5-13,22H,29H2,1-4H3. The van der Waals surface area contributed by atoms with Gasteiger partial charge in [0.2, 0.25) is 0 Å². The number of hydrogen-bond donors (Lipinski definition) is 1. The molecule has 1 aromatic heterocycles. The molecule has 36 heavy (non-hydrogen) atoms. The molecule has 0 saturated carbocycles. The molecule has 0 saturated heterocycles. The molecule has 182 valence electrons. The van der Waals surface area contributed by atoms with Gasteiger partial charge in [-0.25, -0.2) is 9.59 Å². The normalized spacial score (nSPS) is 15.5. The quantitative estimate of drug-likeness (QED) is 0.536. The van der Waals surface area contributed by atoms with Crippen molar-refractivity contribution in [3.05, 3.63) is 94.3 Å². The third-order valence-electron chi connectivity index (χ3n) is 6.06. The van der Waals surface area contributed by atoms with Gasteiger partial charge in [-0.1, -0.05) is 47.6 Å². The fourth-order valence-corrected chi connectivity index (χ4v) is 4.45. The molecule has 1 atom stereocenters. The zero-order valence-electron chi connectivity index (χ0n) is 20.2. The van der Waals surface area contributed by atoms with Gasteiger partial charge in [-0.3, -0.25) is 4.90 Å². The Kier molecular flexibility index (Phi) is 6.61. The van der Waals surface area contributed by atoms with E-state index in [2.05, 4.69) is 11.2 Å². The molecule has 9 heteroatoms. The van der Waals surface area contributed by atoms with E-state index in [1.54, 1.807) is 42.5 Å². The zero-order valence-corrected chi connectivity index (χ0v) is 20.2. The van der Waals surface area contributed by atoms with E-state index < -0.39 is 17.9 Å². The van der Waals surface area contributed by atoms with Crippen LogP contribution >= 0.6 is 0 Å². The van der Waals surface area contributed by atoms with Crippen molar-refractivity contribution >= 4 is 17.6 Å². The maximum absolute atomic E-state index is 13.1. The molecule has 0 fully saturated rings. The highest BCUT2D eigenvalue weighted by Gasteiger charge is 2.42. The van der Waals surface area contributed by atoms with E-state index in [1.807, 2.05) is 26.0 Å². The number of nitriles is 1. The summed E-state index contributed by atoms with van der Waals surface area (Å²) in [6.45, 7) is 3.66. The molecule has 4 rings (SSSR count). The fraction of sp³-hybridized carbons (Fsp3) is 0.185. The molecule has 0 bridgehead atoms. The average molecular weight is 485 g/mol. The van der Waals surface area contributed by atoms with Crippen LogP contribution in [0, 0.1) is 25.2 Å². The zero-order chi connectivity index (χ0) is 26.0. The largest absolute Gasteiger partial charge is 0.466 e. The Labute approximate surface area is 208 Å². The summed E-state index contributed by atoms with van der Waals surface area (Å²) in [4.78, 5) is 27.6. The minimum Gasteiger partial charge on any atom is -0.466 e. The van der Waals surface area contributed by atoms with Gasteiger partial charge < -0.3 is 19.7 Å². The number of aryl methyl sites for hydroxylation is 2. The molecule has 0 spiro atoms. The van der Waals surface area contributed by atoms with Crippen LogP contribution in [0.3, 0.4) is 0 Å². The van der Waals surface area contributed by atoms with Crippen LogP contribution < -0.4 is 10.6 Å². The van der Waals surface area contributed by atoms with Crippen LogP contribution in [0.25, 0.3) is 11.1 Å². The Balaban J connectivity index is 1.96. The Morgan fingerprint density at radius 2 is 1.67 bits per heavy atom. The van der Waals surface area contributed by atoms with Gasteiger partial charge in [0, 0.05) is 11.3 Å². The first-order chi connectivity index (χ1) is 17.3. The highest BCUT2D eigenvalue weighted by Crippen LogP contribution is 2.43. The van der Waals surface area contributed by atoms with Gasteiger partial charge in [0.15, 0.2) is 0 Å². The summed E-state index contributed by atoms with van der Waals surface area (Å²) < 4.78 is 15.4. The van der Waals surface area contributed by atoms with E-state index in [9.17, 15) is 14.9 Å². The second-order valence-electron chi connectivity index (χ2n) is 8.08. The first kappa shape index (κ1) is 24.3. The summed E-state index contributed by atoms with van der Waals surface area (Å²) in [7, 11) is 2.42. The molecule has 2 N–H and O–H groups in total. The Hall–Kier alpha value is -4.84. The van der Waals surface area contributed by atoms with Gasteiger partial charge in [0.25, 0.3) is 0 Å². The summed E-state index contributed by atoms with van der Waals surface area (Å²) in [5.74, 6) is -1.83. The van der Waals surface area contributed by atoms with E-state index in [-0.39, 0.29) is 22.7 Å². The average Bonchev–Trinajstić information content (AvgIpc) is 3.25. The van der Waals surface area contributed by atoms with Crippen LogP contribution in [0.5, 0.6) is 0 Å². The number of rotatable bonds is 5. The summed E-state index contributed by atoms with van der Waals surface area (Å²) in [5.41, 5.74) is 9.94. The van der Waals surface area contributed by atoms with Crippen molar-refractivity contribution in [2.75, 3.05) is 19.1 Å². The van der Waals surface area contributed by atoms with Crippen molar-refractivity contribution in [3.8, 4) is 17.2 Å². The fourth-order valence-electron chi connectivity index (χ4n) is 4.45. The minimum atomic E-state index is -0.921. The molecule has 1 unspecified atom stereocenters. The lowest BCUT2D eigenvalue weighted by Crippen LogP contribution is -2.40. The topological polar surface area (TPSA) is 132 Å². The number of esters is 2. The lowest BCUT2D eigenvalue weighted by molar-refractivity contribution is -0.139. The Morgan fingerprint density at radius 1 is 1.03 bits per heavy atom.